The number of rotatable bonds is 4. The predicted octanol–water partition coefficient (Wildman–Crippen LogP) is 1.96. The average Bonchev–Trinajstić information content (AvgIpc) is 2.38. The number of aryl methyl sites for hydroxylation is 1. The highest BCUT2D eigenvalue weighted by molar-refractivity contribution is 5.32. The van der Waals surface area contributed by atoms with Gasteiger partial charge in [-0.2, -0.15) is 5.10 Å². The van der Waals surface area contributed by atoms with Crippen LogP contribution in [0.15, 0.2) is 12.1 Å². The van der Waals surface area contributed by atoms with Crippen molar-refractivity contribution in [2.24, 2.45) is 17.6 Å². The van der Waals surface area contributed by atoms with Gasteiger partial charge < -0.3 is 11.1 Å². The Balaban J connectivity index is 1.86. The lowest BCUT2D eigenvalue weighted by molar-refractivity contribution is 0.255. The van der Waals surface area contributed by atoms with E-state index in [2.05, 4.69) is 15.5 Å². The van der Waals surface area contributed by atoms with E-state index in [0.29, 0.717) is 11.8 Å². The molecule has 1 aromatic rings. The first-order chi connectivity index (χ1) is 8.29. The van der Waals surface area contributed by atoms with Crippen LogP contribution in [-0.2, 0) is 0 Å². The van der Waals surface area contributed by atoms with Crippen LogP contribution in [0.5, 0.6) is 0 Å². The minimum absolute atomic E-state index is 0.676. The maximum Gasteiger partial charge on any atom is 0.148 e. The van der Waals surface area contributed by atoms with E-state index in [1.807, 2.05) is 19.1 Å². The number of nitrogens with zero attached hydrogens (tertiary/aromatic N) is 2. The Labute approximate surface area is 103 Å². The zero-order valence-corrected chi connectivity index (χ0v) is 10.5. The van der Waals surface area contributed by atoms with Crippen LogP contribution in [0.1, 0.15) is 31.4 Å². The molecular weight excluding hydrogens is 212 g/mol. The van der Waals surface area contributed by atoms with Crippen molar-refractivity contribution in [2.75, 3.05) is 18.4 Å². The molecule has 0 radical (unpaired) electrons. The molecule has 1 fully saturated rings. The molecule has 2 rings (SSSR count). The minimum Gasteiger partial charge on any atom is -0.368 e. The summed E-state index contributed by atoms with van der Waals surface area (Å²) in [5, 5.41) is 11.5. The Morgan fingerprint density at radius 2 is 2.00 bits per heavy atom. The SMILES string of the molecule is Cc1ccc(NCC2CCCCC2CN)nn1. The van der Waals surface area contributed by atoms with Gasteiger partial charge >= 0.3 is 0 Å². The molecule has 2 atom stereocenters. The summed E-state index contributed by atoms with van der Waals surface area (Å²) in [7, 11) is 0. The van der Waals surface area contributed by atoms with E-state index in [1.165, 1.54) is 25.7 Å². The summed E-state index contributed by atoms with van der Waals surface area (Å²) in [4.78, 5) is 0. The number of hydrogen-bond acceptors (Lipinski definition) is 4. The summed E-state index contributed by atoms with van der Waals surface area (Å²) in [6, 6.07) is 3.97. The Morgan fingerprint density at radius 3 is 2.65 bits per heavy atom. The van der Waals surface area contributed by atoms with E-state index in [4.69, 9.17) is 5.73 Å². The van der Waals surface area contributed by atoms with Gasteiger partial charge in [-0.25, -0.2) is 0 Å². The molecule has 4 heteroatoms. The maximum atomic E-state index is 5.83. The van der Waals surface area contributed by atoms with Gasteiger partial charge in [0.2, 0.25) is 0 Å². The number of hydrogen-bond donors (Lipinski definition) is 2. The minimum atomic E-state index is 0.676. The van der Waals surface area contributed by atoms with Crippen molar-refractivity contribution in [1.29, 1.82) is 0 Å². The fourth-order valence-electron chi connectivity index (χ4n) is 2.59. The second-order valence-corrected chi connectivity index (χ2v) is 4.98. The van der Waals surface area contributed by atoms with Gasteiger partial charge in [0.25, 0.3) is 0 Å². The third-order valence-electron chi connectivity index (χ3n) is 3.71. The van der Waals surface area contributed by atoms with E-state index in [-0.39, 0.29) is 0 Å². The van der Waals surface area contributed by atoms with Crippen LogP contribution in [0, 0.1) is 18.8 Å². The van der Waals surface area contributed by atoms with Crippen LogP contribution < -0.4 is 11.1 Å². The first-order valence-electron chi connectivity index (χ1n) is 6.54. The molecule has 1 aromatic heterocycles. The highest BCUT2D eigenvalue weighted by Crippen LogP contribution is 2.29. The van der Waals surface area contributed by atoms with Crippen LogP contribution in [-0.4, -0.2) is 23.3 Å². The first kappa shape index (κ1) is 12.3. The van der Waals surface area contributed by atoms with Crippen molar-refractivity contribution in [3.63, 3.8) is 0 Å². The second kappa shape index (κ2) is 5.96. The molecule has 4 nitrogen and oxygen atoms in total. The fourth-order valence-corrected chi connectivity index (χ4v) is 2.59. The van der Waals surface area contributed by atoms with Gasteiger partial charge in [-0.15, -0.1) is 5.10 Å². The number of nitrogens with two attached hydrogens (primary N) is 1. The Kier molecular flexibility index (Phi) is 4.31. The zero-order chi connectivity index (χ0) is 12.1. The molecule has 0 aromatic carbocycles. The molecule has 3 N–H and O–H groups in total. The fraction of sp³-hybridized carbons (Fsp3) is 0.692. The topological polar surface area (TPSA) is 63.8 Å². The molecule has 0 spiro atoms. The van der Waals surface area contributed by atoms with Crippen molar-refractivity contribution >= 4 is 5.82 Å². The number of anilines is 1. The normalized spacial score (nSPS) is 24.6. The molecule has 94 valence electrons. The summed E-state index contributed by atoms with van der Waals surface area (Å²) >= 11 is 0. The summed E-state index contributed by atoms with van der Waals surface area (Å²) in [5.74, 6) is 2.24. The Hall–Kier alpha value is -1.16. The lowest BCUT2D eigenvalue weighted by Crippen LogP contribution is -2.31. The van der Waals surface area contributed by atoms with Crippen molar-refractivity contribution < 1.29 is 0 Å². The highest BCUT2D eigenvalue weighted by atomic mass is 15.2. The van der Waals surface area contributed by atoms with E-state index >= 15 is 0 Å². The monoisotopic (exact) mass is 234 g/mol. The molecule has 1 aliphatic rings. The largest absolute Gasteiger partial charge is 0.368 e. The Morgan fingerprint density at radius 1 is 1.24 bits per heavy atom. The molecule has 0 bridgehead atoms. The van der Waals surface area contributed by atoms with Crippen LogP contribution in [0.3, 0.4) is 0 Å². The molecule has 0 saturated heterocycles. The molecule has 17 heavy (non-hydrogen) atoms. The van der Waals surface area contributed by atoms with Crippen molar-refractivity contribution in [1.82, 2.24) is 10.2 Å². The van der Waals surface area contributed by atoms with Crippen LogP contribution in [0.25, 0.3) is 0 Å². The molecule has 0 aliphatic heterocycles. The predicted molar refractivity (Wildman–Crippen MR) is 69.8 cm³/mol. The lowest BCUT2D eigenvalue weighted by Gasteiger charge is -2.30. The zero-order valence-electron chi connectivity index (χ0n) is 10.5. The van der Waals surface area contributed by atoms with Gasteiger partial charge in [-0.1, -0.05) is 12.8 Å². The third kappa shape index (κ3) is 3.40. The van der Waals surface area contributed by atoms with E-state index in [1.54, 1.807) is 0 Å². The van der Waals surface area contributed by atoms with E-state index in [0.717, 1.165) is 24.6 Å². The van der Waals surface area contributed by atoms with Gasteiger partial charge in [0.15, 0.2) is 0 Å². The smallest absolute Gasteiger partial charge is 0.148 e. The van der Waals surface area contributed by atoms with Crippen molar-refractivity contribution in [2.45, 2.75) is 32.6 Å². The summed E-state index contributed by atoms with van der Waals surface area (Å²) in [6.07, 6.45) is 5.24. The number of nitrogens with one attached hydrogen (secondary N) is 1. The van der Waals surface area contributed by atoms with Crippen molar-refractivity contribution in [3.8, 4) is 0 Å². The number of aromatic nitrogens is 2. The van der Waals surface area contributed by atoms with Gasteiger partial charge in [-0.3, -0.25) is 0 Å². The first-order valence-corrected chi connectivity index (χ1v) is 6.54. The van der Waals surface area contributed by atoms with E-state index in [9.17, 15) is 0 Å². The molecule has 1 saturated carbocycles. The quantitative estimate of drug-likeness (QED) is 0.836. The molecule has 2 unspecified atom stereocenters. The molecular formula is C13H22N4. The van der Waals surface area contributed by atoms with E-state index < -0.39 is 0 Å². The molecule has 1 aliphatic carbocycles. The summed E-state index contributed by atoms with van der Waals surface area (Å²) in [5.41, 5.74) is 6.78. The van der Waals surface area contributed by atoms with Gasteiger partial charge in [-0.05, 0) is 50.3 Å². The van der Waals surface area contributed by atoms with Crippen LogP contribution >= 0.6 is 0 Å². The Bertz CT molecular complexity index is 336. The summed E-state index contributed by atoms with van der Waals surface area (Å²) < 4.78 is 0. The lowest BCUT2D eigenvalue weighted by atomic mass is 9.79. The third-order valence-corrected chi connectivity index (χ3v) is 3.71. The highest BCUT2D eigenvalue weighted by Gasteiger charge is 2.23. The standard InChI is InChI=1S/C13H22N4/c1-10-6-7-13(17-16-10)15-9-12-5-3-2-4-11(12)8-14/h6-7,11-12H,2-5,8-9,14H2,1H3,(H,15,17). The maximum absolute atomic E-state index is 5.83. The molecule has 0 amide bonds. The molecule has 1 heterocycles. The van der Waals surface area contributed by atoms with Crippen LogP contribution in [0.2, 0.25) is 0 Å². The van der Waals surface area contributed by atoms with Gasteiger partial charge in [0.05, 0.1) is 5.69 Å². The van der Waals surface area contributed by atoms with Gasteiger partial charge in [0, 0.05) is 6.54 Å². The van der Waals surface area contributed by atoms with Crippen LogP contribution in [0.4, 0.5) is 5.82 Å². The summed E-state index contributed by atoms with van der Waals surface area (Å²) in [6.45, 7) is 3.73. The second-order valence-electron chi connectivity index (χ2n) is 4.98. The average molecular weight is 234 g/mol. The van der Waals surface area contributed by atoms with Crippen molar-refractivity contribution in [3.05, 3.63) is 17.8 Å². The van der Waals surface area contributed by atoms with Gasteiger partial charge in [0.1, 0.15) is 5.82 Å².